The van der Waals surface area contributed by atoms with Gasteiger partial charge in [0.1, 0.15) is 11.6 Å². The van der Waals surface area contributed by atoms with E-state index < -0.39 is 11.6 Å². The van der Waals surface area contributed by atoms with Crippen LogP contribution in [0.3, 0.4) is 0 Å². The minimum Gasteiger partial charge on any atom is -0.369 e. The van der Waals surface area contributed by atoms with E-state index in [-0.39, 0.29) is 11.8 Å². The third kappa shape index (κ3) is 4.02. The molecule has 2 heterocycles. The summed E-state index contributed by atoms with van der Waals surface area (Å²) in [6, 6.07) is 7.28. The molecular weight excluding hydrogens is 352 g/mol. The molecule has 154 valence electrons. The van der Waals surface area contributed by atoms with Crippen molar-refractivity contribution in [2.45, 2.75) is 58.5 Å². The van der Waals surface area contributed by atoms with Crippen LogP contribution >= 0.6 is 0 Å². The van der Waals surface area contributed by atoms with Crippen molar-refractivity contribution < 1.29 is 9.59 Å². The highest BCUT2D eigenvalue weighted by atomic mass is 16.2. The Balaban J connectivity index is 1.83. The van der Waals surface area contributed by atoms with Gasteiger partial charge in [-0.15, -0.1) is 0 Å². The molecule has 0 aromatic heterocycles. The predicted octanol–water partition coefficient (Wildman–Crippen LogP) is 2.85. The number of benzene rings is 1. The van der Waals surface area contributed by atoms with E-state index in [1.807, 2.05) is 38.1 Å². The van der Waals surface area contributed by atoms with Crippen LogP contribution in [0.1, 0.15) is 47.0 Å². The number of hydrogen-bond donors (Lipinski definition) is 2. The maximum absolute atomic E-state index is 13.7. The minimum atomic E-state index is -0.622. The first-order chi connectivity index (χ1) is 13.4. The van der Waals surface area contributed by atoms with E-state index >= 15 is 0 Å². The van der Waals surface area contributed by atoms with Crippen molar-refractivity contribution in [1.29, 1.82) is 0 Å². The molecule has 1 aromatic rings. The number of likely N-dealkylation sites (tertiary alicyclic amines) is 1. The highest BCUT2D eigenvalue weighted by molar-refractivity contribution is 6.11. The van der Waals surface area contributed by atoms with Crippen LogP contribution in [0.15, 0.2) is 24.3 Å². The fourth-order valence-corrected chi connectivity index (χ4v) is 4.20. The summed E-state index contributed by atoms with van der Waals surface area (Å²) in [5, 5.41) is 6.41. The first-order valence-corrected chi connectivity index (χ1v) is 10.6. The van der Waals surface area contributed by atoms with Crippen LogP contribution < -0.4 is 15.5 Å². The monoisotopic (exact) mass is 386 g/mol. The van der Waals surface area contributed by atoms with Crippen molar-refractivity contribution in [3.8, 4) is 0 Å². The average Bonchev–Trinajstić information content (AvgIpc) is 2.68. The van der Waals surface area contributed by atoms with E-state index in [9.17, 15) is 9.59 Å². The molecule has 1 spiro atoms. The summed E-state index contributed by atoms with van der Waals surface area (Å²) in [7, 11) is 0. The van der Waals surface area contributed by atoms with Crippen LogP contribution in [-0.4, -0.2) is 54.5 Å². The van der Waals surface area contributed by atoms with E-state index in [1.165, 1.54) is 6.42 Å². The number of nitrogens with zero attached hydrogens (tertiary/aromatic N) is 2. The molecule has 0 aliphatic carbocycles. The highest BCUT2D eigenvalue weighted by Gasteiger charge is 2.49. The number of carbonyl (C=O) groups excluding carboxylic acids is 2. The molecule has 0 radical (unpaired) electrons. The van der Waals surface area contributed by atoms with Gasteiger partial charge in [0.15, 0.2) is 0 Å². The lowest BCUT2D eigenvalue weighted by atomic mass is 9.83. The Morgan fingerprint density at radius 3 is 2.54 bits per heavy atom. The first kappa shape index (κ1) is 20.6. The number of amides is 2. The second-order valence-electron chi connectivity index (χ2n) is 8.49. The molecule has 6 heteroatoms. The van der Waals surface area contributed by atoms with Crippen molar-refractivity contribution in [2.24, 2.45) is 5.92 Å². The number of nitrogens with one attached hydrogen (secondary N) is 2. The van der Waals surface area contributed by atoms with Gasteiger partial charge >= 0.3 is 0 Å². The summed E-state index contributed by atoms with van der Waals surface area (Å²) in [6.45, 7) is 11.6. The summed E-state index contributed by atoms with van der Waals surface area (Å²) in [5.74, 6) is 0.594. The third-order valence-corrected chi connectivity index (χ3v) is 6.02. The molecule has 1 fully saturated rings. The molecule has 2 amide bonds. The van der Waals surface area contributed by atoms with Crippen LogP contribution in [0.25, 0.3) is 0 Å². The summed E-state index contributed by atoms with van der Waals surface area (Å²) in [5.41, 5.74) is 1.11. The Morgan fingerprint density at radius 2 is 1.89 bits per heavy atom. The fraction of sp³-hybridized carbons (Fsp3) is 0.636. The zero-order chi connectivity index (χ0) is 20.3. The van der Waals surface area contributed by atoms with Crippen molar-refractivity contribution in [1.82, 2.24) is 10.2 Å². The number of rotatable bonds is 6. The van der Waals surface area contributed by atoms with Gasteiger partial charge < -0.3 is 15.5 Å². The molecule has 28 heavy (non-hydrogen) atoms. The smallest absolute Gasteiger partial charge is 0.253 e. The number of anilines is 2. The molecule has 0 saturated carbocycles. The predicted molar refractivity (Wildman–Crippen MR) is 114 cm³/mol. The van der Waals surface area contributed by atoms with E-state index in [4.69, 9.17) is 0 Å². The molecule has 6 nitrogen and oxygen atoms in total. The maximum atomic E-state index is 13.7. The van der Waals surface area contributed by atoms with Gasteiger partial charge in [-0.1, -0.05) is 26.0 Å². The highest BCUT2D eigenvalue weighted by Crippen LogP contribution is 2.40. The first-order valence-electron chi connectivity index (χ1n) is 10.6. The van der Waals surface area contributed by atoms with Gasteiger partial charge in [0.2, 0.25) is 5.91 Å². The Bertz CT molecular complexity index is 710. The quantitative estimate of drug-likeness (QED) is 0.789. The van der Waals surface area contributed by atoms with Crippen LogP contribution in [0.5, 0.6) is 0 Å². The van der Waals surface area contributed by atoms with Gasteiger partial charge in [-0.25, -0.2) is 0 Å². The fourth-order valence-electron chi connectivity index (χ4n) is 4.20. The molecule has 1 saturated heterocycles. The third-order valence-electron chi connectivity index (χ3n) is 6.02. The number of likely N-dealkylation sites (N-methyl/N-ethyl adjacent to an activating group) is 1. The number of fused-ring (bicyclic) bond motifs is 1. The zero-order valence-corrected chi connectivity index (χ0v) is 17.6. The molecule has 2 aliphatic heterocycles. The minimum absolute atomic E-state index is 0.0217. The molecule has 1 aromatic carbocycles. The molecule has 2 aliphatic rings. The molecule has 2 N–H and O–H groups in total. The van der Waals surface area contributed by atoms with Gasteiger partial charge in [-0.05, 0) is 57.7 Å². The van der Waals surface area contributed by atoms with Crippen molar-refractivity contribution >= 4 is 23.2 Å². The van der Waals surface area contributed by atoms with Crippen LogP contribution in [0.4, 0.5) is 11.4 Å². The topological polar surface area (TPSA) is 64.7 Å². The van der Waals surface area contributed by atoms with E-state index in [2.05, 4.69) is 29.4 Å². The van der Waals surface area contributed by atoms with E-state index in [1.54, 1.807) is 4.90 Å². The van der Waals surface area contributed by atoms with Crippen LogP contribution in [0, 0.1) is 5.92 Å². The van der Waals surface area contributed by atoms with Gasteiger partial charge in [0.05, 0.1) is 11.4 Å². The van der Waals surface area contributed by atoms with Crippen LogP contribution in [0.2, 0.25) is 0 Å². The van der Waals surface area contributed by atoms with Gasteiger partial charge in [0, 0.05) is 19.6 Å². The lowest BCUT2D eigenvalue weighted by Gasteiger charge is -2.49. The van der Waals surface area contributed by atoms with Crippen molar-refractivity contribution in [2.75, 3.05) is 36.4 Å². The second kappa shape index (κ2) is 8.52. The Morgan fingerprint density at radius 1 is 1.21 bits per heavy atom. The van der Waals surface area contributed by atoms with Crippen molar-refractivity contribution in [3.63, 3.8) is 0 Å². The van der Waals surface area contributed by atoms with Gasteiger partial charge in [0.25, 0.3) is 5.91 Å². The summed E-state index contributed by atoms with van der Waals surface area (Å²) < 4.78 is 0. The average molecular weight is 387 g/mol. The largest absolute Gasteiger partial charge is 0.369 e. The lowest BCUT2D eigenvalue weighted by molar-refractivity contribution is -0.129. The molecule has 3 rings (SSSR count). The summed E-state index contributed by atoms with van der Waals surface area (Å²) >= 11 is 0. The Kier molecular flexibility index (Phi) is 6.28. The van der Waals surface area contributed by atoms with E-state index in [0.717, 1.165) is 43.9 Å². The zero-order valence-electron chi connectivity index (χ0n) is 17.6. The van der Waals surface area contributed by atoms with Crippen molar-refractivity contribution in [3.05, 3.63) is 24.3 Å². The SMILES string of the molecule is CCNC(=O)[C@@H](C)N1C(=O)C2(CCN(CCC(C)C)CC2)Nc2ccccc21. The van der Waals surface area contributed by atoms with Gasteiger partial charge in [-0.2, -0.15) is 0 Å². The van der Waals surface area contributed by atoms with Crippen LogP contribution in [-0.2, 0) is 9.59 Å². The number of piperidine rings is 1. The molecular formula is C22H34N4O2. The number of para-hydroxylation sites is 2. The Labute approximate surface area is 168 Å². The Hall–Kier alpha value is -2.08. The number of carbonyl (C=O) groups is 2. The maximum Gasteiger partial charge on any atom is 0.253 e. The van der Waals surface area contributed by atoms with Gasteiger partial charge in [-0.3, -0.25) is 14.5 Å². The molecule has 1 atom stereocenters. The second-order valence-corrected chi connectivity index (χ2v) is 8.49. The molecule has 0 bridgehead atoms. The molecule has 0 unspecified atom stereocenters. The lowest BCUT2D eigenvalue weighted by Crippen LogP contribution is -2.65. The normalized spacial score (nSPS) is 20.0. The summed E-state index contributed by atoms with van der Waals surface area (Å²) in [4.78, 5) is 30.4. The number of hydrogen-bond acceptors (Lipinski definition) is 4. The summed E-state index contributed by atoms with van der Waals surface area (Å²) in [6.07, 6.45) is 2.70. The standard InChI is InChI=1S/C22H34N4O2/c1-5-23-20(27)17(4)26-19-9-7-6-8-18(19)24-22(21(26)28)11-14-25(15-12-22)13-10-16(2)3/h6-9,16-17,24H,5,10-15H2,1-4H3,(H,23,27)/t17-/m1/s1. The van der Waals surface area contributed by atoms with E-state index in [0.29, 0.717) is 12.5 Å².